The Hall–Kier alpha value is -1.84. The second kappa shape index (κ2) is 5.14. The SMILES string of the molecule is CC(NC(=O)CC(N)=O)c1ccccc1. The van der Waals surface area contributed by atoms with Gasteiger partial charge in [-0.05, 0) is 12.5 Å². The fourth-order valence-electron chi connectivity index (χ4n) is 1.28. The number of rotatable bonds is 4. The van der Waals surface area contributed by atoms with Crippen LogP contribution in [-0.2, 0) is 9.59 Å². The number of carbonyl (C=O) groups excluding carboxylic acids is 2. The Morgan fingerprint density at radius 2 is 1.93 bits per heavy atom. The summed E-state index contributed by atoms with van der Waals surface area (Å²) in [5.74, 6) is -0.966. The minimum Gasteiger partial charge on any atom is -0.369 e. The fourth-order valence-corrected chi connectivity index (χ4v) is 1.28. The zero-order valence-electron chi connectivity index (χ0n) is 8.57. The van der Waals surface area contributed by atoms with Crippen LogP contribution in [0, 0.1) is 0 Å². The smallest absolute Gasteiger partial charge is 0.229 e. The van der Waals surface area contributed by atoms with Gasteiger partial charge in [-0.1, -0.05) is 30.3 Å². The molecular weight excluding hydrogens is 192 g/mol. The zero-order chi connectivity index (χ0) is 11.3. The molecule has 0 spiro atoms. The maximum absolute atomic E-state index is 11.2. The summed E-state index contributed by atoms with van der Waals surface area (Å²) in [6.45, 7) is 1.86. The van der Waals surface area contributed by atoms with E-state index in [1.165, 1.54) is 0 Å². The summed E-state index contributed by atoms with van der Waals surface area (Å²) < 4.78 is 0. The zero-order valence-corrected chi connectivity index (χ0v) is 8.57. The van der Waals surface area contributed by atoms with Gasteiger partial charge in [0.05, 0.1) is 6.04 Å². The Balaban J connectivity index is 2.53. The van der Waals surface area contributed by atoms with Crippen LogP contribution in [0.15, 0.2) is 30.3 Å². The van der Waals surface area contributed by atoms with E-state index in [1.807, 2.05) is 37.3 Å². The number of nitrogens with two attached hydrogens (primary N) is 1. The summed E-state index contributed by atoms with van der Waals surface area (Å²) >= 11 is 0. The summed E-state index contributed by atoms with van der Waals surface area (Å²) in [7, 11) is 0. The highest BCUT2D eigenvalue weighted by Gasteiger charge is 2.10. The third kappa shape index (κ3) is 3.81. The van der Waals surface area contributed by atoms with Gasteiger partial charge in [-0.15, -0.1) is 0 Å². The van der Waals surface area contributed by atoms with Crippen molar-refractivity contribution >= 4 is 11.8 Å². The molecule has 0 fully saturated rings. The highest BCUT2D eigenvalue weighted by molar-refractivity contribution is 5.96. The number of primary amides is 1. The van der Waals surface area contributed by atoms with Gasteiger partial charge >= 0.3 is 0 Å². The van der Waals surface area contributed by atoms with E-state index in [4.69, 9.17) is 5.73 Å². The first-order valence-electron chi connectivity index (χ1n) is 4.72. The average molecular weight is 206 g/mol. The van der Waals surface area contributed by atoms with Crippen LogP contribution in [0.25, 0.3) is 0 Å². The normalized spacial score (nSPS) is 11.8. The lowest BCUT2D eigenvalue weighted by Crippen LogP contribution is -2.30. The molecule has 1 rings (SSSR count). The fraction of sp³-hybridized carbons (Fsp3) is 0.273. The molecule has 3 N–H and O–H groups in total. The van der Waals surface area contributed by atoms with Gasteiger partial charge in [-0.25, -0.2) is 0 Å². The first kappa shape index (κ1) is 11.2. The van der Waals surface area contributed by atoms with Gasteiger partial charge in [0.1, 0.15) is 6.42 Å². The third-order valence-electron chi connectivity index (χ3n) is 2.01. The van der Waals surface area contributed by atoms with E-state index in [9.17, 15) is 9.59 Å². The minimum absolute atomic E-state index is 0.113. The van der Waals surface area contributed by atoms with Gasteiger partial charge < -0.3 is 11.1 Å². The molecular formula is C11H14N2O2. The summed E-state index contributed by atoms with van der Waals surface area (Å²) in [5.41, 5.74) is 5.90. The quantitative estimate of drug-likeness (QED) is 0.713. The van der Waals surface area contributed by atoms with Gasteiger partial charge in [0, 0.05) is 0 Å². The lowest BCUT2D eigenvalue weighted by Gasteiger charge is -2.13. The second-order valence-corrected chi connectivity index (χ2v) is 3.34. The highest BCUT2D eigenvalue weighted by atomic mass is 16.2. The molecule has 0 radical (unpaired) electrons. The first-order valence-corrected chi connectivity index (χ1v) is 4.72. The van der Waals surface area contributed by atoms with Crippen LogP contribution in [0.3, 0.4) is 0 Å². The van der Waals surface area contributed by atoms with Gasteiger partial charge in [-0.2, -0.15) is 0 Å². The number of carbonyl (C=O) groups is 2. The molecule has 1 aromatic carbocycles. The summed E-state index contributed by atoms with van der Waals surface area (Å²) in [6.07, 6.45) is -0.267. The molecule has 2 amide bonds. The molecule has 0 aromatic heterocycles. The Morgan fingerprint density at radius 1 is 1.33 bits per heavy atom. The van der Waals surface area contributed by atoms with E-state index >= 15 is 0 Å². The molecule has 1 unspecified atom stereocenters. The van der Waals surface area contributed by atoms with Crippen molar-refractivity contribution in [3.05, 3.63) is 35.9 Å². The summed E-state index contributed by atoms with van der Waals surface area (Å²) in [6, 6.07) is 9.40. The predicted octanol–water partition coefficient (Wildman–Crippen LogP) is 0.739. The van der Waals surface area contributed by atoms with Crippen molar-refractivity contribution in [3.63, 3.8) is 0 Å². The van der Waals surface area contributed by atoms with Crippen LogP contribution in [0.1, 0.15) is 24.9 Å². The van der Waals surface area contributed by atoms with Crippen molar-refractivity contribution in [2.24, 2.45) is 5.73 Å². The first-order chi connectivity index (χ1) is 7.09. The van der Waals surface area contributed by atoms with Gasteiger partial charge in [0.2, 0.25) is 11.8 Å². The van der Waals surface area contributed by atoms with E-state index in [-0.39, 0.29) is 18.4 Å². The Labute approximate surface area is 88.5 Å². The average Bonchev–Trinajstić information content (AvgIpc) is 2.17. The Kier molecular flexibility index (Phi) is 3.85. The van der Waals surface area contributed by atoms with Crippen molar-refractivity contribution in [1.29, 1.82) is 0 Å². The molecule has 80 valence electrons. The summed E-state index contributed by atoms with van der Waals surface area (Å²) in [5, 5.41) is 2.69. The van der Waals surface area contributed by atoms with Gasteiger partial charge in [0.25, 0.3) is 0 Å². The topological polar surface area (TPSA) is 72.2 Å². The van der Waals surface area contributed by atoms with E-state index in [0.29, 0.717) is 0 Å². The van der Waals surface area contributed by atoms with Crippen LogP contribution >= 0.6 is 0 Å². The van der Waals surface area contributed by atoms with Gasteiger partial charge in [-0.3, -0.25) is 9.59 Å². The number of benzene rings is 1. The number of hydrogen-bond donors (Lipinski definition) is 2. The number of nitrogens with one attached hydrogen (secondary N) is 1. The summed E-state index contributed by atoms with van der Waals surface area (Å²) in [4.78, 5) is 21.7. The van der Waals surface area contributed by atoms with Crippen LogP contribution in [0.2, 0.25) is 0 Å². The van der Waals surface area contributed by atoms with Crippen molar-refractivity contribution < 1.29 is 9.59 Å². The molecule has 0 saturated carbocycles. The third-order valence-corrected chi connectivity index (χ3v) is 2.01. The van der Waals surface area contributed by atoms with Crippen LogP contribution in [-0.4, -0.2) is 11.8 Å². The predicted molar refractivity (Wildman–Crippen MR) is 56.8 cm³/mol. The highest BCUT2D eigenvalue weighted by Crippen LogP contribution is 2.10. The standard InChI is InChI=1S/C11H14N2O2/c1-8(9-5-3-2-4-6-9)13-11(15)7-10(12)14/h2-6,8H,7H2,1H3,(H2,12,14)(H,13,15). The largest absolute Gasteiger partial charge is 0.369 e. The lowest BCUT2D eigenvalue weighted by molar-refractivity contribution is -0.128. The van der Waals surface area contributed by atoms with Crippen LogP contribution in [0.4, 0.5) is 0 Å². The molecule has 0 aliphatic heterocycles. The Bertz CT molecular complexity index is 349. The molecule has 0 saturated heterocycles. The molecule has 0 aliphatic rings. The maximum atomic E-state index is 11.2. The minimum atomic E-state index is -0.618. The monoisotopic (exact) mass is 206 g/mol. The van der Waals surface area contributed by atoms with E-state index in [1.54, 1.807) is 0 Å². The van der Waals surface area contributed by atoms with E-state index < -0.39 is 5.91 Å². The van der Waals surface area contributed by atoms with Crippen molar-refractivity contribution in [3.8, 4) is 0 Å². The molecule has 0 aliphatic carbocycles. The molecule has 4 heteroatoms. The van der Waals surface area contributed by atoms with Crippen molar-refractivity contribution in [2.45, 2.75) is 19.4 Å². The van der Waals surface area contributed by atoms with E-state index in [0.717, 1.165) is 5.56 Å². The molecule has 4 nitrogen and oxygen atoms in total. The van der Waals surface area contributed by atoms with Crippen LogP contribution in [0.5, 0.6) is 0 Å². The maximum Gasteiger partial charge on any atom is 0.229 e. The Morgan fingerprint density at radius 3 is 2.47 bits per heavy atom. The molecule has 0 heterocycles. The molecule has 1 atom stereocenters. The van der Waals surface area contributed by atoms with Crippen LogP contribution < -0.4 is 11.1 Å². The molecule has 0 bridgehead atoms. The number of hydrogen-bond acceptors (Lipinski definition) is 2. The molecule has 15 heavy (non-hydrogen) atoms. The van der Waals surface area contributed by atoms with Gasteiger partial charge in [0.15, 0.2) is 0 Å². The second-order valence-electron chi connectivity index (χ2n) is 3.34. The van der Waals surface area contributed by atoms with E-state index in [2.05, 4.69) is 5.32 Å². The molecule has 1 aromatic rings. The lowest BCUT2D eigenvalue weighted by atomic mass is 10.1. The van der Waals surface area contributed by atoms with Crippen molar-refractivity contribution in [1.82, 2.24) is 5.32 Å². The van der Waals surface area contributed by atoms with Crippen molar-refractivity contribution in [2.75, 3.05) is 0 Å². The number of amides is 2.